The maximum absolute atomic E-state index is 12.7. The highest BCUT2D eigenvalue weighted by molar-refractivity contribution is 7.92. The Labute approximate surface area is 196 Å². The number of hydrogen-bond donors (Lipinski definition) is 1. The van der Waals surface area contributed by atoms with Crippen LogP contribution in [0.4, 0.5) is 5.69 Å². The number of ether oxygens (including phenoxy) is 2. The molecule has 0 aliphatic carbocycles. The average molecular weight is 486 g/mol. The summed E-state index contributed by atoms with van der Waals surface area (Å²) < 4.78 is 39.4. The first-order valence-electron chi connectivity index (χ1n) is 9.48. The van der Waals surface area contributed by atoms with Crippen molar-refractivity contribution in [2.24, 2.45) is 0 Å². The second-order valence-corrected chi connectivity index (χ2v) is 9.16. The Bertz CT molecular complexity index is 1320. The van der Waals surface area contributed by atoms with Gasteiger partial charge in [0.05, 0.1) is 14.9 Å². The molecule has 0 spiro atoms. The Kier molecular flexibility index (Phi) is 6.55. The maximum atomic E-state index is 12.7. The first-order valence-corrected chi connectivity index (χ1v) is 11.7. The molecular formula is C24H17Cl2NO4S. The highest BCUT2D eigenvalue weighted by Crippen LogP contribution is 2.31. The molecule has 4 aromatic rings. The van der Waals surface area contributed by atoms with Gasteiger partial charge in [0.2, 0.25) is 0 Å². The molecule has 0 aromatic heterocycles. The Morgan fingerprint density at radius 3 is 1.50 bits per heavy atom. The average Bonchev–Trinajstić information content (AvgIpc) is 2.78. The number of nitrogens with one attached hydrogen (secondary N) is 1. The molecule has 0 saturated heterocycles. The summed E-state index contributed by atoms with van der Waals surface area (Å²) in [6.07, 6.45) is 0. The number of rotatable bonds is 7. The van der Waals surface area contributed by atoms with Gasteiger partial charge in [0.1, 0.15) is 23.0 Å². The fourth-order valence-electron chi connectivity index (χ4n) is 2.80. The van der Waals surface area contributed by atoms with Gasteiger partial charge < -0.3 is 9.47 Å². The van der Waals surface area contributed by atoms with Gasteiger partial charge in [-0.05, 0) is 72.8 Å². The van der Waals surface area contributed by atoms with Gasteiger partial charge >= 0.3 is 0 Å². The minimum atomic E-state index is -3.78. The van der Waals surface area contributed by atoms with E-state index in [0.717, 1.165) is 0 Å². The smallest absolute Gasteiger partial charge is 0.261 e. The second kappa shape index (κ2) is 9.53. The Hall–Kier alpha value is -3.19. The summed E-state index contributed by atoms with van der Waals surface area (Å²) in [4.78, 5) is 0.0976. The van der Waals surface area contributed by atoms with Crippen molar-refractivity contribution in [3.05, 3.63) is 107 Å². The Balaban J connectivity index is 1.43. The SMILES string of the molecule is O=S(=O)(Nc1ccc(Oc2ccccc2Cl)cc1)c1ccc(Oc2ccccc2Cl)cc1. The summed E-state index contributed by atoms with van der Waals surface area (Å²) in [7, 11) is -3.78. The van der Waals surface area contributed by atoms with Crippen molar-refractivity contribution in [2.45, 2.75) is 4.90 Å². The Morgan fingerprint density at radius 1 is 0.594 bits per heavy atom. The Morgan fingerprint density at radius 2 is 1.03 bits per heavy atom. The predicted molar refractivity (Wildman–Crippen MR) is 127 cm³/mol. The van der Waals surface area contributed by atoms with Gasteiger partial charge in [0, 0.05) is 5.69 Å². The topological polar surface area (TPSA) is 64.6 Å². The normalized spacial score (nSPS) is 11.1. The van der Waals surface area contributed by atoms with Crippen LogP contribution in [0.2, 0.25) is 10.0 Å². The van der Waals surface area contributed by atoms with Crippen molar-refractivity contribution in [1.29, 1.82) is 0 Å². The van der Waals surface area contributed by atoms with E-state index in [-0.39, 0.29) is 4.90 Å². The molecule has 4 rings (SSSR count). The molecule has 0 amide bonds. The standard InChI is InChI=1S/C24H17Cl2NO4S/c25-21-5-1-3-7-23(21)30-18-11-9-17(10-12-18)27-32(28,29)20-15-13-19(14-16-20)31-24-8-4-2-6-22(24)26/h1-16,27H. The summed E-state index contributed by atoms with van der Waals surface area (Å²) in [5.41, 5.74) is 0.396. The fraction of sp³-hybridized carbons (Fsp3) is 0. The molecule has 5 nitrogen and oxygen atoms in total. The van der Waals surface area contributed by atoms with E-state index in [1.165, 1.54) is 12.1 Å². The van der Waals surface area contributed by atoms with E-state index in [4.69, 9.17) is 32.7 Å². The van der Waals surface area contributed by atoms with E-state index >= 15 is 0 Å². The van der Waals surface area contributed by atoms with Crippen LogP contribution in [0.1, 0.15) is 0 Å². The van der Waals surface area contributed by atoms with E-state index in [9.17, 15) is 8.42 Å². The van der Waals surface area contributed by atoms with E-state index < -0.39 is 10.0 Å². The largest absolute Gasteiger partial charge is 0.456 e. The van der Waals surface area contributed by atoms with Crippen LogP contribution in [0.25, 0.3) is 0 Å². The molecule has 0 heterocycles. The third-order valence-corrected chi connectivity index (χ3v) is 6.39. The van der Waals surface area contributed by atoms with Crippen LogP contribution < -0.4 is 14.2 Å². The molecule has 4 aromatic carbocycles. The number of halogens is 2. The molecule has 0 aliphatic rings. The van der Waals surface area contributed by atoms with Gasteiger partial charge in [-0.3, -0.25) is 4.72 Å². The minimum Gasteiger partial charge on any atom is -0.456 e. The zero-order chi connectivity index (χ0) is 22.6. The van der Waals surface area contributed by atoms with E-state index in [0.29, 0.717) is 38.7 Å². The lowest BCUT2D eigenvalue weighted by atomic mass is 10.3. The maximum Gasteiger partial charge on any atom is 0.261 e. The molecule has 0 saturated carbocycles. The van der Waals surface area contributed by atoms with E-state index in [1.54, 1.807) is 72.8 Å². The number of hydrogen-bond acceptors (Lipinski definition) is 4. The molecule has 1 N–H and O–H groups in total. The van der Waals surface area contributed by atoms with Crippen molar-refractivity contribution < 1.29 is 17.9 Å². The summed E-state index contributed by atoms with van der Waals surface area (Å²) in [5, 5.41) is 0.951. The summed E-state index contributed by atoms with van der Waals surface area (Å²) in [5.74, 6) is 2.00. The number of benzene rings is 4. The molecule has 0 atom stereocenters. The summed E-state index contributed by atoms with van der Waals surface area (Å²) >= 11 is 12.2. The molecule has 0 bridgehead atoms. The van der Waals surface area contributed by atoms with Crippen LogP contribution in [0, 0.1) is 0 Å². The van der Waals surface area contributed by atoms with Crippen molar-refractivity contribution in [3.63, 3.8) is 0 Å². The zero-order valence-corrected chi connectivity index (χ0v) is 18.9. The molecule has 8 heteroatoms. The van der Waals surface area contributed by atoms with Gasteiger partial charge in [0.25, 0.3) is 10.0 Å². The van der Waals surface area contributed by atoms with Crippen molar-refractivity contribution in [3.8, 4) is 23.0 Å². The third kappa shape index (κ3) is 5.34. The van der Waals surface area contributed by atoms with Gasteiger partial charge in [-0.15, -0.1) is 0 Å². The minimum absolute atomic E-state index is 0.0976. The lowest BCUT2D eigenvalue weighted by molar-refractivity contribution is 0.482. The lowest BCUT2D eigenvalue weighted by Crippen LogP contribution is -2.12. The predicted octanol–water partition coefficient (Wildman–Crippen LogP) is 7.38. The molecule has 0 unspecified atom stereocenters. The van der Waals surface area contributed by atoms with Gasteiger partial charge in [-0.1, -0.05) is 47.5 Å². The molecular weight excluding hydrogens is 469 g/mol. The molecule has 32 heavy (non-hydrogen) atoms. The lowest BCUT2D eigenvalue weighted by Gasteiger charge is -2.11. The summed E-state index contributed by atoms with van der Waals surface area (Å²) in [6, 6.07) is 26.7. The van der Waals surface area contributed by atoms with Gasteiger partial charge in [-0.25, -0.2) is 8.42 Å². The number of sulfonamides is 1. The monoisotopic (exact) mass is 485 g/mol. The third-order valence-electron chi connectivity index (χ3n) is 4.37. The second-order valence-electron chi connectivity index (χ2n) is 6.67. The van der Waals surface area contributed by atoms with Crippen LogP contribution in [0.15, 0.2) is 102 Å². The number of para-hydroxylation sites is 2. The zero-order valence-electron chi connectivity index (χ0n) is 16.5. The van der Waals surface area contributed by atoms with Crippen molar-refractivity contribution in [2.75, 3.05) is 4.72 Å². The van der Waals surface area contributed by atoms with Crippen LogP contribution in [0.3, 0.4) is 0 Å². The molecule has 0 fully saturated rings. The quantitative estimate of drug-likeness (QED) is 0.296. The van der Waals surface area contributed by atoms with Crippen LogP contribution in [-0.2, 0) is 10.0 Å². The fourth-order valence-corrected chi connectivity index (χ4v) is 4.21. The molecule has 162 valence electrons. The first kappa shape index (κ1) is 22.0. The van der Waals surface area contributed by atoms with Crippen molar-refractivity contribution >= 4 is 38.9 Å². The van der Waals surface area contributed by atoms with Gasteiger partial charge in [0.15, 0.2) is 0 Å². The highest BCUT2D eigenvalue weighted by Gasteiger charge is 2.15. The van der Waals surface area contributed by atoms with E-state index in [1.807, 2.05) is 12.1 Å². The molecule has 0 aliphatic heterocycles. The highest BCUT2D eigenvalue weighted by atomic mass is 35.5. The van der Waals surface area contributed by atoms with Crippen LogP contribution in [0.5, 0.6) is 23.0 Å². The van der Waals surface area contributed by atoms with Crippen LogP contribution in [-0.4, -0.2) is 8.42 Å². The molecule has 0 radical (unpaired) electrons. The van der Waals surface area contributed by atoms with E-state index in [2.05, 4.69) is 4.72 Å². The number of anilines is 1. The van der Waals surface area contributed by atoms with Crippen molar-refractivity contribution in [1.82, 2.24) is 0 Å². The van der Waals surface area contributed by atoms with Gasteiger partial charge in [-0.2, -0.15) is 0 Å². The first-order chi connectivity index (χ1) is 15.4. The summed E-state index contributed by atoms with van der Waals surface area (Å²) in [6.45, 7) is 0. The van der Waals surface area contributed by atoms with Crippen LogP contribution >= 0.6 is 23.2 Å².